The first-order chi connectivity index (χ1) is 42.2. The number of rotatable bonds is 15. The molecule has 14 unspecified atom stereocenters. The predicted molar refractivity (Wildman–Crippen MR) is 281 cm³/mol. The van der Waals surface area contributed by atoms with Gasteiger partial charge in [-0.1, -0.05) is 6.92 Å². The molecule has 0 spiro atoms. The first-order valence-electron chi connectivity index (χ1n) is 28.3. The maximum absolute atomic E-state index is 11.7. The van der Waals surface area contributed by atoms with Crippen LogP contribution in [0.1, 0.15) is 6.92 Å². The Morgan fingerprint density at radius 1 is 0.315 bits per heavy atom. The van der Waals surface area contributed by atoms with Crippen LogP contribution in [0.15, 0.2) is 0 Å². The van der Waals surface area contributed by atoms with Crippen molar-refractivity contribution in [3.63, 3.8) is 0 Å². The van der Waals surface area contributed by atoms with E-state index in [1.165, 1.54) is 6.92 Å². The fourth-order valence-electron chi connectivity index (χ4n) is 11.2. The molecule has 21 fully saturated rings. The van der Waals surface area contributed by atoms with Crippen molar-refractivity contribution in [1.29, 1.82) is 0 Å². The second kappa shape index (κ2) is 31.9. The molecule has 0 aliphatic carbocycles. The van der Waals surface area contributed by atoms with E-state index in [0.717, 1.165) is 23.5 Å². The zero-order valence-electron chi connectivity index (χ0n) is 47.0. The van der Waals surface area contributed by atoms with Gasteiger partial charge in [0, 0.05) is 23.0 Å². The van der Waals surface area contributed by atoms with Gasteiger partial charge < -0.3 is 179 Å². The molecule has 23 N–H and O–H groups in total. The van der Waals surface area contributed by atoms with Crippen molar-refractivity contribution in [2.75, 3.05) is 56.0 Å². The standard InChI is InChI=1S/C49H81NO37S2/c1-11(41(70)71)7-88-9-18-39-25(61)32(68)48(79-18)84-37-16(5-54)75-45(28(64)21(37)57)83-36-15(4-53)78-47(31(67)24(36)60)87-40-19(10-89-8-12(50)42(72)73)80-49(33(69)26(40)62)85-38-17(6-55)76-44(29(65)22(38)58)81-34-13(2-51)74-43(27(63)20(34)56)82-35-14(3-52)77-46(86-39)30(66)23(35)59/h11-40,43-49,51-69H,2-10,50H2,1H3,(H,70,71)(H,72,73)/t11-,12-,13?,14?,15?,16?,17?,18?,19?,20?,21-,22?,23-,24?,25+,26?,27+,28?,29+,30?,31+,32?,33+,34-,35-,36-,37-,38-,39-,40-,43-,44-,45+,46-,47+,48-,49+/m1/s1. The molecule has 0 radical (unpaired) electrons. The summed E-state index contributed by atoms with van der Waals surface area (Å²) in [5, 5.41) is 233. The molecule has 21 aliphatic rings. The Balaban J connectivity index is 1.11. The summed E-state index contributed by atoms with van der Waals surface area (Å²) < 4.78 is 81.8. The van der Waals surface area contributed by atoms with Crippen molar-refractivity contribution < 1.29 is 183 Å². The summed E-state index contributed by atoms with van der Waals surface area (Å²) in [6.45, 7) is -4.01. The van der Waals surface area contributed by atoms with Gasteiger partial charge in [0.25, 0.3) is 0 Å². The van der Waals surface area contributed by atoms with E-state index < -0.39 is 272 Å². The molecule has 0 aromatic heterocycles. The molecule has 89 heavy (non-hydrogen) atoms. The Morgan fingerprint density at radius 3 is 0.697 bits per heavy atom. The van der Waals surface area contributed by atoms with Crippen LogP contribution < -0.4 is 5.73 Å². The lowest BCUT2D eigenvalue weighted by Gasteiger charge is -2.50. The van der Waals surface area contributed by atoms with Gasteiger partial charge in [-0.05, 0) is 0 Å². The molecule has 516 valence electrons. The molecule has 0 saturated carbocycles. The Hall–Kier alpha value is -1.72. The fraction of sp³-hybridized carbons (Fsp3) is 0.959. The summed E-state index contributed by atoms with van der Waals surface area (Å²) in [7, 11) is 0. The normalized spacial score (nSPS) is 50.1. The van der Waals surface area contributed by atoms with Crippen molar-refractivity contribution in [2.45, 2.75) is 228 Å². The number of aliphatic hydroxyl groups excluding tert-OH is 19. The molecule has 14 bridgehead atoms. The van der Waals surface area contributed by atoms with Gasteiger partial charge in [-0.2, -0.15) is 23.5 Å². The Kier molecular flexibility index (Phi) is 26.2. The van der Waals surface area contributed by atoms with Gasteiger partial charge in [0.2, 0.25) is 0 Å². The highest BCUT2D eigenvalue weighted by atomic mass is 32.2. The van der Waals surface area contributed by atoms with Crippen LogP contribution in [0.3, 0.4) is 0 Å². The summed E-state index contributed by atoms with van der Waals surface area (Å²) in [4.78, 5) is 23.3. The van der Waals surface area contributed by atoms with E-state index in [4.69, 9.17) is 72.0 Å². The van der Waals surface area contributed by atoms with Crippen molar-refractivity contribution >= 4 is 35.5 Å². The maximum Gasteiger partial charge on any atom is 0.321 e. The number of thioether (sulfide) groups is 2. The van der Waals surface area contributed by atoms with Crippen LogP contribution in [0.2, 0.25) is 0 Å². The smallest absolute Gasteiger partial charge is 0.321 e. The summed E-state index contributed by atoms with van der Waals surface area (Å²) in [6, 6.07) is -1.46. The van der Waals surface area contributed by atoms with Crippen LogP contribution in [0.25, 0.3) is 0 Å². The summed E-state index contributed by atoms with van der Waals surface area (Å²) in [5.41, 5.74) is 5.70. The van der Waals surface area contributed by atoms with Crippen molar-refractivity contribution in [1.82, 2.24) is 0 Å². The average molecular weight is 1340 g/mol. The van der Waals surface area contributed by atoms with E-state index in [0.29, 0.717) is 0 Å². The number of carboxylic acid groups (broad SMARTS) is 2. The minimum Gasteiger partial charge on any atom is -0.481 e. The third-order valence-corrected chi connectivity index (χ3v) is 18.9. The van der Waals surface area contributed by atoms with E-state index in [-0.39, 0.29) is 23.0 Å². The van der Waals surface area contributed by atoms with Crippen LogP contribution in [-0.2, 0) is 75.9 Å². The number of ether oxygens (including phenoxy) is 14. The molecule has 21 rings (SSSR count). The average Bonchev–Trinajstić information content (AvgIpc) is 0.983. The monoisotopic (exact) mass is 1340 g/mol. The number of hydrogen-bond donors (Lipinski definition) is 22. The number of nitrogens with two attached hydrogens (primary N) is 1. The number of aliphatic carboxylic acids is 2. The molecule has 38 nitrogen and oxygen atoms in total. The van der Waals surface area contributed by atoms with Gasteiger partial charge in [-0.25, -0.2) is 0 Å². The minimum absolute atomic E-state index is 0.0967. The highest BCUT2D eigenvalue weighted by molar-refractivity contribution is 7.99. The molecule has 40 heteroatoms. The predicted octanol–water partition coefficient (Wildman–Crippen LogP) is -13.6. The Morgan fingerprint density at radius 2 is 0.506 bits per heavy atom. The minimum atomic E-state index is -2.25. The van der Waals surface area contributed by atoms with Crippen molar-refractivity contribution in [3.05, 3.63) is 0 Å². The van der Waals surface area contributed by atoms with Crippen LogP contribution >= 0.6 is 23.5 Å². The molecular formula is C49H81NO37S2. The molecule has 21 aliphatic heterocycles. The van der Waals surface area contributed by atoms with Crippen LogP contribution in [-0.4, -0.2) is 396 Å². The lowest BCUT2D eigenvalue weighted by molar-refractivity contribution is -0.395. The van der Waals surface area contributed by atoms with E-state index >= 15 is 0 Å². The number of hydrogen-bond acceptors (Lipinski definition) is 38. The zero-order chi connectivity index (χ0) is 65.2. The first-order valence-corrected chi connectivity index (χ1v) is 30.6. The second-order valence-corrected chi connectivity index (χ2v) is 24.7. The summed E-state index contributed by atoms with van der Waals surface area (Å²) in [6.07, 6.45) is -70.9. The molecule has 21 saturated heterocycles. The van der Waals surface area contributed by atoms with Gasteiger partial charge >= 0.3 is 11.9 Å². The molecule has 0 aromatic rings. The SMILES string of the molecule is C[C@H](CSCC1O[C@@H]2O[C@@H]3C(CO)O[C@@H](O[C@@H]4C(CO)O[C@@H](O[C@@H]5C(CSC[C@@H](N)C(=O)O)O[C@@H](O[C@@H]6C(CO)O[C@H](O[C@@H]7C(CO)O[C@H](O[C@@H]8C(CO)O[C@H](O[C@H]1[C@@H](O)C2O)C(O)[C@H]8O)[C@@H](O)C7O)[C@@H](O)C6O)[C@@H](O)C5O)[C@@H](O)C4O)C(O)[C@H]3O)C(=O)O. The first kappa shape index (κ1) is 73.1. The van der Waals surface area contributed by atoms with E-state index in [1.807, 2.05) is 0 Å². The zero-order valence-corrected chi connectivity index (χ0v) is 48.7. The van der Waals surface area contributed by atoms with E-state index in [1.54, 1.807) is 0 Å². The molecule has 21 heterocycles. The van der Waals surface area contributed by atoms with Crippen LogP contribution in [0.4, 0.5) is 0 Å². The van der Waals surface area contributed by atoms with Crippen molar-refractivity contribution in [3.8, 4) is 0 Å². The van der Waals surface area contributed by atoms with Gasteiger partial charge in [0.1, 0.15) is 165 Å². The third kappa shape index (κ3) is 15.9. The topological polar surface area (TPSA) is 614 Å². The Labute approximate surface area is 512 Å². The summed E-state index contributed by atoms with van der Waals surface area (Å²) >= 11 is 1.72. The lowest BCUT2D eigenvalue weighted by Crippen LogP contribution is -2.68. The second-order valence-electron chi connectivity index (χ2n) is 22.5. The largest absolute Gasteiger partial charge is 0.481 e. The molecule has 0 amide bonds. The maximum atomic E-state index is 11.7. The quantitative estimate of drug-likeness (QED) is 0.0724. The van der Waals surface area contributed by atoms with Crippen LogP contribution in [0.5, 0.6) is 0 Å². The highest BCUT2D eigenvalue weighted by Crippen LogP contribution is 2.40. The third-order valence-electron chi connectivity index (χ3n) is 16.4. The fourth-order valence-corrected chi connectivity index (χ4v) is 13.4. The van der Waals surface area contributed by atoms with Crippen molar-refractivity contribution in [2.24, 2.45) is 11.7 Å². The van der Waals surface area contributed by atoms with Gasteiger partial charge in [-0.15, -0.1) is 0 Å². The lowest BCUT2D eigenvalue weighted by atomic mass is 9.95. The molecule has 37 atom stereocenters. The van der Waals surface area contributed by atoms with E-state index in [9.17, 15) is 117 Å². The Bertz CT molecular complexity index is 2190. The van der Waals surface area contributed by atoms with Crippen LogP contribution in [0, 0.1) is 5.92 Å². The van der Waals surface area contributed by atoms with Gasteiger partial charge in [0.15, 0.2) is 44.0 Å². The molecular weight excluding hydrogens is 1260 g/mol. The highest BCUT2D eigenvalue weighted by Gasteiger charge is 2.60. The number of carbonyl (C=O) groups is 2. The number of aliphatic hydroxyl groups is 19. The summed E-state index contributed by atoms with van der Waals surface area (Å²) in [5.74, 6) is -4.70. The van der Waals surface area contributed by atoms with E-state index in [2.05, 4.69) is 0 Å². The number of carboxylic acids is 2. The van der Waals surface area contributed by atoms with Gasteiger partial charge in [0.05, 0.1) is 51.2 Å². The molecule has 0 aromatic carbocycles. The van der Waals surface area contributed by atoms with Gasteiger partial charge in [-0.3, -0.25) is 9.59 Å².